The Morgan fingerprint density at radius 2 is 1.69 bits per heavy atom. The molecule has 0 aliphatic heterocycles. The van der Waals surface area contributed by atoms with Crippen LogP contribution in [0.5, 0.6) is 11.5 Å². The average Bonchev–Trinajstić information content (AvgIpc) is 2.71. The lowest BCUT2D eigenvalue weighted by Gasteiger charge is -2.09. The van der Waals surface area contributed by atoms with Crippen molar-refractivity contribution in [1.29, 1.82) is 0 Å². The van der Waals surface area contributed by atoms with Crippen LogP contribution in [0.25, 0.3) is 0 Å². The highest BCUT2D eigenvalue weighted by atomic mass is 16.5. The normalized spacial score (nSPS) is 10.2. The van der Waals surface area contributed by atoms with E-state index in [2.05, 4.69) is 10.4 Å². The molecule has 0 fully saturated rings. The second kappa shape index (κ2) is 9.32. The van der Waals surface area contributed by atoms with E-state index < -0.39 is 5.97 Å². The average molecular weight is 393 g/mol. The number of benzene rings is 2. The van der Waals surface area contributed by atoms with Crippen LogP contribution in [0.2, 0.25) is 0 Å². The van der Waals surface area contributed by atoms with Crippen LogP contribution in [0.15, 0.2) is 71.5 Å². The molecule has 1 amide bonds. The number of carbonyl (C=O) groups excluding carboxylic acids is 2. The maximum absolute atomic E-state index is 12.3. The Morgan fingerprint density at radius 1 is 0.966 bits per heavy atom. The van der Waals surface area contributed by atoms with E-state index in [1.807, 2.05) is 18.2 Å². The van der Waals surface area contributed by atoms with Crippen LogP contribution in [0, 0.1) is 0 Å². The lowest BCUT2D eigenvalue weighted by atomic mass is 10.3. The first-order chi connectivity index (χ1) is 14.0. The van der Waals surface area contributed by atoms with Gasteiger partial charge in [0.15, 0.2) is 5.69 Å². The largest absolute Gasteiger partial charge is 0.492 e. The summed E-state index contributed by atoms with van der Waals surface area (Å²) in [7, 11) is 0. The quantitative estimate of drug-likeness (QED) is 0.489. The summed E-state index contributed by atoms with van der Waals surface area (Å²) < 4.78 is 12.0. The summed E-state index contributed by atoms with van der Waals surface area (Å²) >= 11 is 0. The van der Waals surface area contributed by atoms with Gasteiger partial charge in [-0.25, -0.2) is 9.48 Å². The van der Waals surface area contributed by atoms with Gasteiger partial charge in [0.1, 0.15) is 18.1 Å². The number of nitrogens with one attached hydrogen (secondary N) is 1. The zero-order valence-corrected chi connectivity index (χ0v) is 15.7. The van der Waals surface area contributed by atoms with E-state index in [0.29, 0.717) is 11.4 Å². The fourth-order valence-corrected chi connectivity index (χ4v) is 2.45. The van der Waals surface area contributed by atoms with Gasteiger partial charge in [0, 0.05) is 18.7 Å². The highest BCUT2D eigenvalue weighted by molar-refractivity contribution is 5.90. The molecule has 0 aliphatic carbocycles. The molecule has 0 saturated carbocycles. The molecule has 0 saturated heterocycles. The number of nitrogens with zero attached hydrogens (tertiary/aromatic N) is 2. The number of ether oxygens (including phenoxy) is 2. The maximum atomic E-state index is 12.3. The lowest BCUT2D eigenvalue weighted by Crippen LogP contribution is -2.27. The van der Waals surface area contributed by atoms with E-state index in [9.17, 15) is 14.4 Å². The van der Waals surface area contributed by atoms with Gasteiger partial charge < -0.3 is 14.8 Å². The third-order valence-electron chi connectivity index (χ3n) is 3.78. The minimum Gasteiger partial charge on any atom is -0.492 e. The van der Waals surface area contributed by atoms with Gasteiger partial charge in [-0.05, 0) is 42.5 Å². The van der Waals surface area contributed by atoms with Gasteiger partial charge in [0.25, 0.3) is 5.56 Å². The molecule has 0 spiro atoms. The van der Waals surface area contributed by atoms with Crippen LogP contribution in [-0.4, -0.2) is 28.3 Å². The zero-order valence-electron chi connectivity index (χ0n) is 15.7. The number of aromatic nitrogens is 2. The molecular weight excluding hydrogens is 374 g/mol. The van der Waals surface area contributed by atoms with Gasteiger partial charge in [-0.3, -0.25) is 9.59 Å². The van der Waals surface area contributed by atoms with E-state index in [1.54, 1.807) is 36.4 Å². The Labute approximate surface area is 166 Å². The van der Waals surface area contributed by atoms with Crippen LogP contribution >= 0.6 is 0 Å². The van der Waals surface area contributed by atoms with Crippen molar-refractivity contribution in [2.45, 2.75) is 13.5 Å². The molecule has 0 bridgehead atoms. The summed E-state index contributed by atoms with van der Waals surface area (Å²) in [5, 5.41) is 6.67. The van der Waals surface area contributed by atoms with Crippen molar-refractivity contribution >= 4 is 17.6 Å². The summed E-state index contributed by atoms with van der Waals surface area (Å²) in [6.45, 7) is 1.81. The van der Waals surface area contributed by atoms with Gasteiger partial charge in [0.05, 0.1) is 6.54 Å². The number of esters is 1. The Kier molecular flexibility index (Phi) is 6.36. The van der Waals surface area contributed by atoms with Crippen LogP contribution in [-0.2, 0) is 11.3 Å². The van der Waals surface area contributed by atoms with Gasteiger partial charge >= 0.3 is 5.97 Å². The SMILES string of the molecule is CC(=O)Nc1ccc(OC(=O)c2ccc(=O)n(CCOc3ccccc3)n2)cc1. The van der Waals surface area contributed by atoms with Crippen molar-refractivity contribution < 1.29 is 19.1 Å². The number of carbonyl (C=O) groups is 2. The third kappa shape index (κ3) is 5.77. The summed E-state index contributed by atoms with van der Waals surface area (Å²) in [6, 6.07) is 18.1. The number of amides is 1. The van der Waals surface area contributed by atoms with Crippen molar-refractivity contribution in [3.05, 3.63) is 82.8 Å². The Hall–Kier alpha value is -3.94. The predicted molar refractivity (Wildman–Crippen MR) is 106 cm³/mol. The molecule has 0 radical (unpaired) electrons. The highest BCUT2D eigenvalue weighted by Gasteiger charge is 2.13. The number of rotatable bonds is 7. The molecule has 0 atom stereocenters. The minimum absolute atomic E-state index is 0.00440. The Morgan fingerprint density at radius 3 is 2.38 bits per heavy atom. The van der Waals surface area contributed by atoms with Gasteiger partial charge in [-0.1, -0.05) is 18.2 Å². The molecule has 1 N–H and O–H groups in total. The van der Waals surface area contributed by atoms with Crippen molar-refractivity contribution in [2.75, 3.05) is 11.9 Å². The molecule has 1 heterocycles. The second-order valence-electron chi connectivity index (χ2n) is 6.04. The molecule has 3 aromatic rings. The molecule has 0 aliphatic rings. The standard InChI is InChI=1S/C21H19N3O5/c1-15(25)22-16-7-9-18(10-8-16)29-21(27)19-11-12-20(26)24(23-19)13-14-28-17-5-3-2-4-6-17/h2-12H,13-14H2,1H3,(H,22,25). The predicted octanol–water partition coefficient (Wildman–Crippen LogP) is 2.50. The first-order valence-corrected chi connectivity index (χ1v) is 8.87. The molecule has 2 aromatic carbocycles. The molecular formula is C21H19N3O5. The van der Waals surface area contributed by atoms with Gasteiger partial charge in [-0.2, -0.15) is 5.10 Å². The molecule has 8 nitrogen and oxygen atoms in total. The van der Waals surface area contributed by atoms with Crippen molar-refractivity contribution in [3.63, 3.8) is 0 Å². The van der Waals surface area contributed by atoms with E-state index in [-0.39, 0.29) is 36.1 Å². The molecule has 8 heteroatoms. The molecule has 3 rings (SSSR count). The molecule has 0 unspecified atom stereocenters. The summed E-state index contributed by atoms with van der Waals surface area (Å²) in [4.78, 5) is 35.3. The number of para-hydroxylation sites is 1. The summed E-state index contributed by atoms with van der Waals surface area (Å²) in [5.74, 6) is 0.0716. The monoisotopic (exact) mass is 393 g/mol. The number of hydrogen-bond acceptors (Lipinski definition) is 6. The minimum atomic E-state index is -0.699. The van der Waals surface area contributed by atoms with E-state index in [4.69, 9.17) is 9.47 Å². The van der Waals surface area contributed by atoms with Crippen molar-refractivity contribution in [2.24, 2.45) is 0 Å². The van der Waals surface area contributed by atoms with Crippen LogP contribution in [0.4, 0.5) is 5.69 Å². The molecule has 29 heavy (non-hydrogen) atoms. The zero-order chi connectivity index (χ0) is 20.6. The van der Waals surface area contributed by atoms with Crippen molar-refractivity contribution in [1.82, 2.24) is 9.78 Å². The highest BCUT2D eigenvalue weighted by Crippen LogP contribution is 2.16. The summed E-state index contributed by atoms with van der Waals surface area (Å²) in [5.41, 5.74) is 0.232. The van der Waals surface area contributed by atoms with Gasteiger partial charge in [-0.15, -0.1) is 0 Å². The lowest BCUT2D eigenvalue weighted by molar-refractivity contribution is -0.114. The topological polar surface area (TPSA) is 99.5 Å². The van der Waals surface area contributed by atoms with Crippen LogP contribution in [0.3, 0.4) is 0 Å². The smallest absolute Gasteiger partial charge is 0.364 e. The van der Waals surface area contributed by atoms with Gasteiger partial charge in [0.2, 0.25) is 5.91 Å². The Balaban J connectivity index is 1.62. The van der Waals surface area contributed by atoms with E-state index in [0.717, 1.165) is 4.68 Å². The van der Waals surface area contributed by atoms with Crippen LogP contribution < -0.4 is 20.3 Å². The molecule has 148 valence electrons. The Bertz CT molecular complexity index is 1050. The van der Waals surface area contributed by atoms with E-state index in [1.165, 1.54) is 19.1 Å². The first kappa shape index (κ1) is 19.8. The number of hydrogen-bond donors (Lipinski definition) is 1. The van der Waals surface area contributed by atoms with Crippen LogP contribution in [0.1, 0.15) is 17.4 Å². The first-order valence-electron chi connectivity index (χ1n) is 8.87. The van der Waals surface area contributed by atoms with Crippen molar-refractivity contribution in [3.8, 4) is 11.5 Å². The third-order valence-corrected chi connectivity index (χ3v) is 3.78. The maximum Gasteiger partial charge on any atom is 0.364 e. The number of anilines is 1. The molecule has 1 aromatic heterocycles. The van der Waals surface area contributed by atoms with E-state index >= 15 is 0 Å². The fourth-order valence-electron chi connectivity index (χ4n) is 2.45. The second-order valence-corrected chi connectivity index (χ2v) is 6.04. The summed E-state index contributed by atoms with van der Waals surface area (Å²) in [6.07, 6.45) is 0. The fraction of sp³-hybridized carbons (Fsp3) is 0.143.